The minimum Gasteiger partial charge on any atom is -0.497 e. The van der Waals surface area contributed by atoms with Gasteiger partial charge >= 0.3 is 0 Å². The smallest absolute Gasteiger partial charge is 0.222 e. The molecule has 5 rings (SSSR count). The molecule has 8 atom stereocenters. The van der Waals surface area contributed by atoms with Crippen molar-refractivity contribution in [3.05, 3.63) is 29.8 Å². The van der Waals surface area contributed by atoms with Crippen molar-refractivity contribution in [2.24, 2.45) is 40.4 Å². The van der Waals surface area contributed by atoms with Gasteiger partial charge in [0.05, 0.1) is 13.7 Å². The van der Waals surface area contributed by atoms with Gasteiger partial charge in [-0.3, -0.25) is 4.79 Å². The second-order valence-electron chi connectivity index (χ2n) is 12.6. The van der Waals surface area contributed by atoms with E-state index in [0.717, 1.165) is 48.9 Å². The van der Waals surface area contributed by atoms with Crippen LogP contribution in [0.5, 0.6) is 5.75 Å². The Morgan fingerprint density at radius 1 is 1.06 bits per heavy atom. The number of ether oxygens (including phenoxy) is 2. The number of benzene rings is 1. The SMILES string of the molecule is COc1cccc(COCC(C)[C@H]2CC[C@H]3[C@@H]4CC[C@H]5N(C)C(=O)CC[C@]5(C)[C@H]4CC[C@]23C)c1. The third kappa shape index (κ3) is 3.88. The Morgan fingerprint density at radius 3 is 2.65 bits per heavy atom. The molecule has 1 aromatic carbocycles. The number of rotatable bonds is 6. The van der Waals surface area contributed by atoms with Crippen LogP contribution in [0.1, 0.15) is 77.7 Å². The maximum Gasteiger partial charge on any atom is 0.222 e. The lowest BCUT2D eigenvalue weighted by Gasteiger charge is -2.62. The predicted octanol–water partition coefficient (Wildman–Crippen LogP) is 6.33. The fourth-order valence-corrected chi connectivity index (χ4v) is 9.37. The summed E-state index contributed by atoms with van der Waals surface area (Å²) in [5.74, 6) is 5.08. The summed E-state index contributed by atoms with van der Waals surface area (Å²) >= 11 is 0. The third-order valence-corrected chi connectivity index (χ3v) is 11.1. The number of methoxy groups -OCH3 is 1. The molecule has 3 aliphatic carbocycles. The summed E-state index contributed by atoms with van der Waals surface area (Å²) in [4.78, 5) is 14.5. The zero-order chi connectivity index (χ0) is 24.1. The topological polar surface area (TPSA) is 38.8 Å². The Balaban J connectivity index is 1.24. The molecule has 1 amide bonds. The first-order valence-electron chi connectivity index (χ1n) is 13.7. The van der Waals surface area contributed by atoms with Crippen molar-refractivity contribution in [1.82, 2.24) is 4.90 Å². The number of fused-ring (bicyclic) bond motifs is 5. The molecule has 0 bridgehead atoms. The van der Waals surface area contributed by atoms with E-state index in [0.29, 0.717) is 35.3 Å². The number of nitrogens with zero attached hydrogens (tertiary/aromatic N) is 1. The van der Waals surface area contributed by atoms with Gasteiger partial charge in [-0.05, 0) is 103 Å². The zero-order valence-electron chi connectivity index (χ0n) is 22.0. The van der Waals surface area contributed by atoms with Gasteiger partial charge in [-0.2, -0.15) is 0 Å². The third-order valence-electron chi connectivity index (χ3n) is 11.1. The number of amides is 1. The Bertz CT molecular complexity index is 901. The summed E-state index contributed by atoms with van der Waals surface area (Å²) in [5, 5.41) is 0. The quantitative estimate of drug-likeness (QED) is 0.491. The minimum atomic E-state index is 0.316. The summed E-state index contributed by atoms with van der Waals surface area (Å²) in [6.45, 7) is 9.07. The van der Waals surface area contributed by atoms with E-state index in [4.69, 9.17) is 9.47 Å². The van der Waals surface area contributed by atoms with E-state index in [1.165, 1.54) is 44.1 Å². The van der Waals surface area contributed by atoms with Gasteiger partial charge in [0.25, 0.3) is 0 Å². The first-order chi connectivity index (χ1) is 16.3. The van der Waals surface area contributed by atoms with Crippen LogP contribution in [0, 0.1) is 40.4 Å². The van der Waals surface area contributed by atoms with E-state index in [1.54, 1.807) is 7.11 Å². The maximum atomic E-state index is 12.4. The Hall–Kier alpha value is -1.55. The molecule has 0 N–H and O–H groups in total. The van der Waals surface area contributed by atoms with Gasteiger partial charge in [0, 0.05) is 26.1 Å². The molecule has 4 heteroatoms. The highest BCUT2D eigenvalue weighted by atomic mass is 16.5. The zero-order valence-corrected chi connectivity index (χ0v) is 22.0. The lowest BCUT2D eigenvalue weighted by molar-refractivity contribution is -0.159. The molecule has 1 unspecified atom stereocenters. The number of hydrogen-bond donors (Lipinski definition) is 0. The molecular weight excluding hydrogens is 422 g/mol. The molecule has 0 radical (unpaired) electrons. The van der Waals surface area contributed by atoms with E-state index in [9.17, 15) is 4.79 Å². The van der Waals surface area contributed by atoms with E-state index in [1.807, 2.05) is 12.1 Å². The lowest BCUT2D eigenvalue weighted by Crippen LogP contribution is -2.61. The summed E-state index contributed by atoms with van der Waals surface area (Å²) in [5.41, 5.74) is 1.94. The molecule has 188 valence electrons. The highest BCUT2D eigenvalue weighted by Gasteiger charge is 2.61. The summed E-state index contributed by atoms with van der Waals surface area (Å²) in [6.07, 6.45) is 9.81. The van der Waals surface area contributed by atoms with Gasteiger partial charge in [0.15, 0.2) is 0 Å². The van der Waals surface area contributed by atoms with Crippen LogP contribution in [0.2, 0.25) is 0 Å². The van der Waals surface area contributed by atoms with Crippen LogP contribution >= 0.6 is 0 Å². The van der Waals surface area contributed by atoms with Crippen LogP contribution in [-0.2, 0) is 16.1 Å². The maximum absolute atomic E-state index is 12.4. The van der Waals surface area contributed by atoms with Crippen molar-refractivity contribution in [3.8, 4) is 5.75 Å². The fourth-order valence-electron chi connectivity index (χ4n) is 9.37. The first-order valence-corrected chi connectivity index (χ1v) is 13.7. The average Bonchev–Trinajstić information content (AvgIpc) is 3.19. The highest BCUT2D eigenvalue weighted by molar-refractivity contribution is 5.77. The van der Waals surface area contributed by atoms with Gasteiger partial charge < -0.3 is 14.4 Å². The predicted molar refractivity (Wildman–Crippen MR) is 135 cm³/mol. The van der Waals surface area contributed by atoms with Gasteiger partial charge in [-0.1, -0.05) is 32.9 Å². The number of hydrogen-bond acceptors (Lipinski definition) is 3. The normalized spacial score (nSPS) is 40.3. The minimum absolute atomic E-state index is 0.316. The van der Waals surface area contributed by atoms with Crippen molar-refractivity contribution in [2.45, 2.75) is 84.8 Å². The summed E-state index contributed by atoms with van der Waals surface area (Å²) in [6, 6.07) is 8.68. The van der Waals surface area contributed by atoms with E-state index in [-0.39, 0.29) is 0 Å². The van der Waals surface area contributed by atoms with Crippen LogP contribution < -0.4 is 4.74 Å². The molecular formula is C30H45NO3. The summed E-state index contributed by atoms with van der Waals surface area (Å²) in [7, 11) is 3.78. The van der Waals surface area contributed by atoms with Crippen LogP contribution in [-0.4, -0.2) is 37.6 Å². The monoisotopic (exact) mass is 467 g/mol. The van der Waals surface area contributed by atoms with Gasteiger partial charge in [-0.15, -0.1) is 0 Å². The Labute approximate surface area is 206 Å². The Morgan fingerprint density at radius 2 is 1.85 bits per heavy atom. The first kappa shape index (κ1) is 24.2. The molecule has 4 nitrogen and oxygen atoms in total. The van der Waals surface area contributed by atoms with Crippen molar-refractivity contribution >= 4 is 5.91 Å². The van der Waals surface area contributed by atoms with Crippen LogP contribution in [0.3, 0.4) is 0 Å². The second-order valence-corrected chi connectivity index (χ2v) is 12.6. The fraction of sp³-hybridized carbons (Fsp3) is 0.767. The molecule has 1 aliphatic heterocycles. The molecule has 34 heavy (non-hydrogen) atoms. The molecule has 1 heterocycles. The van der Waals surface area contributed by atoms with Crippen LogP contribution in [0.15, 0.2) is 24.3 Å². The van der Waals surface area contributed by atoms with Gasteiger partial charge in [0.1, 0.15) is 5.75 Å². The molecule has 4 fully saturated rings. The second kappa shape index (κ2) is 9.15. The molecule has 1 saturated heterocycles. The highest BCUT2D eigenvalue weighted by Crippen LogP contribution is 2.67. The van der Waals surface area contributed by atoms with Crippen molar-refractivity contribution in [2.75, 3.05) is 20.8 Å². The number of likely N-dealkylation sites (tertiary alicyclic amines) is 1. The Kier molecular flexibility index (Phi) is 6.50. The number of carbonyl (C=O) groups is 1. The van der Waals surface area contributed by atoms with E-state index < -0.39 is 0 Å². The van der Waals surface area contributed by atoms with Crippen molar-refractivity contribution in [1.29, 1.82) is 0 Å². The van der Waals surface area contributed by atoms with E-state index >= 15 is 0 Å². The average molecular weight is 468 g/mol. The van der Waals surface area contributed by atoms with Gasteiger partial charge in [-0.25, -0.2) is 0 Å². The molecule has 3 saturated carbocycles. The molecule has 1 aromatic rings. The van der Waals surface area contributed by atoms with Gasteiger partial charge in [0.2, 0.25) is 5.91 Å². The molecule has 0 spiro atoms. The van der Waals surface area contributed by atoms with Crippen LogP contribution in [0.4, 0.5) is 0 Å². The van der Waals surface area contributed by atoms with Crippen molar-refractivity contribution in [3.63, 3.8) is 0 Å². The molecule has 0 aromatic heterocycles. The number of carbonyl (C=O) groups excluding carboxylic acids is 1. The lowest BCUT2D eigenvalue weighted by atomic mass is 9.46. The summed E-state index contributed by atoms with van der Waals surface area (Å²) < 4.78 is 11.6. The van der Waals surface area contributed by atoms with Crippen molar-refractivity contribution < 1.29 is 14.3 Å². The largest absolute Gasteiger partial charge is 0.497 e. The molecule has 4 aliphatic rings. The van der Waals surface area contributed by atoms with E-state index in [2.05, 4.69) is 44.9 Å². The standard InChI is InChI=1S/C30H45NO3/c1-20(18-34-19-21-7-6-8-22(17-21)33-5)24-10-11-25-23-9-12-27-30(3,16-14-28(32)31(27)4)26(23)13-15-29(24,25)2/h6-8,17,20,23-27H,9-16,18-19H2,1-5H3/t20?,23-,24+,25-,26-,27+,29+,30+/m0/s1. The number of piperidine rings is 1. The van der Waals surface area contributed by atoms with Crippen LogP contribution in [0.25, 0.3) is 0 Å².